The normalized spacial score (nSPS) is 11.6. The zero-order valence-electron chi connectivity index (χ0n) is 9.07. The van der Waals surface area contributed by atoms with Crippen LogP contribution < -0.4 is 5.32 Å². The maximum Gasteiger partial charge on any atom is 0.326 e. The highest BCUT2D eigenvalue weighted by Crippen LogP contribution is 2.18. The fourth-order valence-electron chi connectivity index (χ4n) is 1.29. The van der Waals surface area contributed by atoms with E-state index in [2.05, 4.69) is 5.32 Å². The van der Waals surface area contributed by atoms with Gasteiger partial charge >= 0.3 is 11.9 Å². The average Bonchev–Trinajstić information content (AvgIpc) is 2.27. The summed E-state index contributed by atoms with van der Waals surface area (Å²) in [7, 11) is 0. The smallest absolute Gasteiger partial charge is 0.326 e. The van der Waals surface area contributed by atoms with Crippen molar-refractivity contribution in [3.63, 3.8) is 0 Å². The number of anilines is 1. The van der Waals surface area contributed by atoms with Crippen LogP contribution in [0.2, 0.25) is 0 Å². The van der Waals surface area contributed by atoms with Crippen LogP contribution >= 0.6 is 0 Å². The standard InChI is InChI=1S/C10H10N2O6/c13-9(14)5-8(10(15)16)11-6-2-1-3-7(4-6)12(17)18/h1-4,8,11H,5H2,(H,13,14)(H,15,16). The Morgan fingerprint density at radius 2 is 2.06 bits per heavy atom. The van der Waals surface area contributed by atoms with Crippen LogP contribution in [-0.2, 0) is 9.59 Å². The fourth-order valence-corrected chi connectivity index (χ4v) is 1.29. The molecule has 0 spiro atoms. The first-order valence-corrected chi connectivity index (χ1v) is 4.85. The summed E-state index contributed by atoms with van der Waals surface area (Å²) in [6.45, 7) is 0. The van der Waals surface area contributed by atoms with Crippen molar-refractivity contribution in [1.82, 2.24) is 0 Å². The number of rotatable bonds is 6. The van der Waals surface area contributed by atoms with E-state index in [1.807, 2.05) is 0 Å². The maximum absolute atomic E-state index is 10.8. The summed E-state index contributed by atoms with van der Waals surface area (Å²) < 4.78 is 0. The second-order valence-electron chi connectivity index (χ2n) is 3.44. The summed E-state index contributed by atoms with van der Waals surface area (Å²) in [6.07, 6.45) is -0.627. The Morgan fingerprint density at radius 1 is 1.39 bits per heavy atom. The van der Waals surface area contributed by atoms with Crippen LogP contribution in [0.15, 0.2) is 24.3 Å². The lowest BCUT2D eigenvalue weighted by Crippen LogP contribution is -2.31. The quantitative estimate of drug-likeness (QED) is 0.508. The zero-order chi connectivity index (χ0) is 13.7. The van der Waals surface area contributed by atoms with Gasteiger partial charge in [0, 0.05) is 17.8 Å². The summed E-state index contributed by atoms with van der Waals surface area (Å²) in [5.41, 5.74) is -0.0303. The van der Waals surface area contributed by atoms with Gasteiger partial charge in [-0.15, -0.1) is 0 Å². The highest BCUT2D eigenvalue weighted by Gasteiger charge is 2.21. The number of nitro groups is 1. The van der Waals surface area contributed by atoms with E-state index in [0.717, 1.165) is 6.07 Å². The molecule has 0 bridgehead atoms. The summed E-state index contributed by atoms with van der Waals surface area (Å²) in [5, 5.41) is 30.3. The van der Waals surface area contributed by atoms with E-state index in [-0.39, 0.29) is 11.4 Å². The molecular weight excluding hydrogens is 244 g/mol. The Kier molecular flexibility index (Phi) is 4.19. The third-order valence-electron chi connectivity index (χ3n) is 2.07. The largest absolute Gasteiger partial charge is 0.481 e. The second kappa shape index (κ2) is 5.62. The second-order valence-corrected chi connectivity index (χ2v) is 3.44. The van der Waals surface area contributed by atoms with Gasteiger partial charge in [0.2, 0.25) is 0 Å². The van der Waals surface area contributed by atoms with Crippen molar-refractivity contribution in [2.45, 2.75) is 12.5 Å². The molecule has 0 aliphatic rings. The minimum Gasteiger partial charge on any atom is -0.481 e. The molecule has 18 heavy (non-hydrogen) atoms. The molecule has 3 N–H and O–H groups in total. The Morgan fingerprint density at radius 3 is 2.56 bits per heavy atom. The Labute approximate surface area is 101 Å². The van der Waals surface area contributed by atoms with Crippen LogP contribution in [0, 0.1) is 10.1 Å². The van der Waals surface area contributed by atoms with E-state index in [1.165, 1.54) is 18.2 Å². The van der Waals surface area contributed by atoms with Crippen LogP contribution in [0.4, 0.5) is 11.4 Å². The van der Waals surface area contributed by atoms with Crippen molar-refractivity contribution in [2.75, 3.05) is 5.32 Å². The molecule has 96 valence electrons. The summed E-state index contributed by atoms with van der Waals surface area (Å²) in [5.74, 6) is -2.62. The molecule has 1 rings (SSSR count). The molecule has 1 aromatic rings. The minimum atomic E-state index is -1.34. The molecule has 0 amide bonds. The number of aliphatic carboxylic acids is 2. The van der Waals surface area contributed by atoms with Crippen molar-refractivity contribution >= 4 is 23.3 Å². The van der Waals surface area contributed by atoms with Crippen LogP contribution in [0.1, 0.15) is 6.42 Å². The number of carbonyl (C=O) groups is 2. The van der Waals surface area contributed by atoms with Gasteiger partial charge < -0.3 is 15.5 Å². The maximum atomic E-state index is 10.8. The number of nitro benzene ring substituents is 1. The van der Waals surface area contributed by atoms with E-state index in [9.17, 15) is 19.7 Å². The molecule has 0 saturated heterocycles. The molecular formula is C10H10N2O6. The lowest BCUT2D eigenvalue weighted by Gasteiger charge is -2.13. The number of carboxylic acids is 2. The van der Waals surface area contributed by atoms with E-state index in [0.29, 0.717) is 0 Å². The molecule has 8 heteroatoms. The highest BCUT2D eigenvalue weighted by molar-refractivity contribution is 5.83. The summed E-state index contributed by atoms with van der Waals surface area (Å²) in [6, 6.07) is 3.84. The molecule has 1 atom stereocenters. The lowest BCUT2D eigenvalue weighted by atomic mass is 10.2. The van der Waals surface area contributed by atoms with Gasteiger partial charge in [-0.2, -0.15) is 0 Å². The van der Waals surface area contributed by atoms with Crippen molar-refractivity contribution in [3.05, 3.63) is 34.4 Å². The molecule has 8 nitrogen and oxygen atoms in total. The SMILES string of the molecule is O=C(O)CC(Nc1cccc([N+](=O)[O-])c1)C(=O)O. The van der Waals surface area contributed by atoms with E-state index < -0.39 is 29.3 Å². The van der Waals surface area contributed by atoms with Gasteiger partial charge in [-0.05, 0) is 6.07 Å². The van der Waals surface area contributed by atoms with Crippen molar-refractivity contribution < 1.29 is 24.7 Å². The van der Waals surface area contributed by atoms with Crippen LogP contribution in [0.5, 0.6) is 0 Å². The predicted octanol–water partition coefficient (Wildman–Crippen LogP) is 0.935. The Hall–Kier alpha value is -2.64. The number of carboxylic acid groups (broad SMARTS) is 2. The lowest BCUT2D eigenvalue weighted by molar-refractivity contribution is -0.384. The summed E-state index contributed by atoms with van der Waals surface area (Å²) in [4.78, 5) is 31.2. The molecule has 0 heterocycles. The number of nitrogens with zero attached hydrogens (tertiary/aromatic N) is 1. The number of nitrogens with one attached hydrogen (secondary N) is 1. The fraction of sp³-hybridized carbons (Fsp3) is 0.200. The zero-order valence-corrected chi connectivity index (χ0v) is 9.07. The van der Waals surface area contributed by atoms with Gasteiger partial charge in [0.25, 0.3) is 5.69 Å². The van der Waals surface area contributed by atoms with Gasteiger partial charge in [-0.1, -0.05) is 6.07 Å². The number of benzene rings is 1. The van der Waals surface area contributed by atoms with Gasteiger partial charge in [0.05, 0.1) is 11.3 Å². The summed E-state index contributed by atoms with van der Waals surface area (Å²) >= 11 is 0. The number of hydrogen-bond donors (Lipinski definition) is 3. The van der Waals surface area contributed by atoms with E-state index in [1.54, 1.807) is 0 Å². The minimum absolute atomic E-state index is 0.179. The van der Waals surface area contributed by atoms with Crippen molar-refractivity contribution in [1.29, 1.82) is 0 Å². The van der Waals surface area contributed by atoms with Crippen molar-refractivity contribution in [2.24, 2.45) is 0 Å². The molecule has 0 fully saturated rings. The Balaban J connectivity index is 2.86. The monoisotopic (exact) mass is 254 g/mol. The van der Waals surface area contributed by atoms with Crippen LogP contribution in [0.3, 0.4) is 0 Å². The first-order valence-electron chi connectivity index (χ1n) is 4.85. The van der Waals surface area contributed by atoms with Gasteiger partial charge in [0.1, 0.15) is 6.04 Å². The molecule has 0 aliphatic carbocycles. The first kappa shape index (κ1) is 13.4. The molecule has 1 unspecified atom stereocenters. The third-order valence-corrected chi connectivity index (χ3v) is 2.07. The van der Waals surface area contributed by atoms with E-state index in [4.69, 9.17) is 10.2 Å². The average molecular weight is 254 g/mol. The van der Waals surface area contributed by atoms with E-state index >= 15 is 0 Å². The Bertz CT molecular complexity index is 487. The third kappa shape index (κ3) is 3.74. The molecule has 1 aromatic carbocycles. The first-order chi connectivity index (χ1) is 8.40. The highest BCUT2D eigenvalue weighted by atomic mass is 16.6. The molecule has 0 aliphatic heterocycles. The van der Waals surface area contributed by atoms with Crippen molar-refractivity contribution in [3.8, 4) is 0 Å². The number of hydrogen-bond acceptors (Lipinski definition) is 5. The van der Waals surface area contributed by atoms with Gasteiger partial charge in [0.15, 0.2) is 0 Å². The van der Waals surface area contributed by atoms with Crippen LogP contribution in [0.25, 0.3) is 0 Å². The predicted molar refractivity (Wildman–Crippen MR) is 60.4 cm³/mol. The molecule has 0 saturated carbocycles. The van der Waals surface area contributed by atoms with Crippen LogP contribution in [-0.4, -0.2) is 33.1 Å². The molecule has 0 aromatic heterocycles. The topological polar surface area (TPSA) is 130 Å². The van der Waals surface area contributed by atoms with Gasteiger partial charge in [-0.25, -0.2) is 4.79 Å². The number of non-ortho nitro benzene ring substituents is 1. The van der Waals surface area contributed by atoms with Gasteiger partial charge in [-0.3, -0.25) is 14.9 Å². The molecule has 0 radical (unpaired) electrons.